The van der Waals surface area contributed by atoms with Crippen LogP contribution in [0, 0.1) is 0 Å². The molecule has 20 heavy (non-hydrogen) atoms. The summed E-state index contributed by atoms with van der Waals surface area (Å²) in [6.07, 6.45) is 1.35. The molecule has 5 nitrogen and oxygen atoms in total. The predicted octanol–water partition coefficient (Wildman–Crippen LogP) is 1.12. The minimum Gasteiger partial charge on any atom is -0.343 e. The molecule has 0 atom stereocenters. The van der Waals surface area contributed by atoms with Gasteiger partial charge in [0, 0.05) is 26.1 Å². The lowest BCUT2D eigenvalue weighted by atomic mass is 10.1. The number of benzene rings is 1. The smallest absolute Gasteiger partial charge is 0.219 e. The number of sulfonamides is 1. The number of hydrogen-bond donors (Lipinski definition) is 1. The van der Waals surface area contributed by atoms with Crippen molar-refractivity contribution in [3.8, 4) is 0 Å². The van der Waals surface area contributed by atoms with Crippen molar-refractivity contribution in [2.45, 2.75) is 31.6 Å². The van der Waals surface area contributed by atoms with E-state index in [1.165, 1.54) is 0 Å². The maximum atomic E-state index is 12.1. The molecule has 1 aliphatic heterocycles. The molecule has 0 saturated carbocycles. The Balaban J connectivity index is 1.88. The van der Waals surface area contributed by atoms with Gasteiger partial charge in [-0.05, 0) is 18.4 Å². The molecule has 1 amide bonds. The van der Waals surface area contributed by atoms with Crippen molar-refractivity contribution in [1.82, 2.24) is 9.62 Å². The highest BCUT2D eigenvalue weighted by Gasteiger charge is 2.24. The van der Waals surface area contributed by atoms with Gasteiger partial charge in [0.05, 0.1) is 5.75 Å². The highest BCUT2D eigenvalue weighted by molar-refractivity contribution is 7.88. The summed E-state index contributed by atoms with van der Waals surface area (Å²) < 4.78 is 26.9. The molecule has 1 N–H and O–H groups in total. The summed E-state index contributed by atoms with van der Waals surface area (Å²) in [5, 5.41) is 0. The number of likely N-dealkylation sites (tertiary alicyclic amines) is 1. The number of hydrogen-bond acceptors (Lipinski definition) is 3. The van der Waals surface area contributed by atoms with E-state index in [9.17, 15) is 13.2 Å². The summed E-state index contributed by atoms with van der Waals surface area (Å²) in [6.45, 7) is 2.78. The van der Waals surface area contributed by atoms with Gasteiger partial charge in [-0.25, -0.2) is 13.1 Å². The SMILES string of the molecule is CC(=O)N1CCC(NS(=O)(=O)Cc2ccccc2)CC1. The van der Waals surface area contributed by atoms with E-state index in [1.807, 2.05) is 18.2 Å². The molecular formula is C14H20N2O3S. The van der Waals surface area contributed by atoms with E-state index in [-0.39, 0.29) is 17.7 Å². The molecule has 0 aromatic heterocycles. The Morgan fingerprint density at radius 2 is 1.85 bits per heavy atom. The summed E-state index contributed by atoms with van der Waals surface area (Å²) in [5.41, 5.74) is 0.779. The fourth-order valence-corrected chi connectivity index (χ4v) is 3.86. The maximum absolute atomic E-state index is 12.1. The van der Waals surface area contributed by atoms with E-state index in [0.717, 1.165) is 5.56 Å². The average molecular weight is 296 g/mol. The summed E-state index contributed by atoms with van der Waals surface area (Å²) in [4.78, 5) is 13.0. The van der Waals surface area contributed by atoms with Gasteiger partial charge in [-0.3, -0.25) is 4.79 Å². The van der Waals surface area contributed by atoms with Gasteiger partial charge in [0.15, 0.2) is 0 Å². The molecule has 1 aliphatic rings. The molecule has 0 aliphatic carbocycles. The number of amides is 1. The summed E-state index contributed by atoms with van der Waals surface area (Å²) >= 11 is 0. The predicted molar refractivity (Wildman–Crippen MR) is 77.5 cm³/mol. The molecule has 2 rings (SSSR count). The fourth-order valence-electron chi connectivity index (χ4n) is 2.40. The first kappa shape index (κ1) is 15.0. The van der Waals surface area contributed by atoms with E-state index in [4.69, 9.17) is 0 Å². The molecule has 6 heteroatoms. The Bertz CT molecular complexity index is 549. The highest BCUT2D eigenvalue weighted by Crippen LogP contribution is 2.13. The van der Waals surface area contributed by atoms with Gasteiger partial charge in [0.1, 0.15) is 0 Å². The summed E-state index contributed by atoms with van der Waals surface area (Å²) in [7, 11) is -3.33. The van der Waals surface area contributed by atoms with E-state index in [1.54, 1.807) is 24.0 Å². The van der Waals surface area contributed by atoms with Crippen LogP contribution in [0.4, 0.5) is 0 Å². The van der Waals surface area contributed by atoms with E-state index < -0.39 is 10.0 Å². The number of rotatable bonds is 4. The molecule has 110 valence electrons. The molecule has 0 unspecified atom stereocenters. The molecule has 1 aromatic rings. The fraction of sp³-hybridized carbons (Fsp3) is 0.500. The van der Waals surface area contributed by atoms with Crippen LogP contribution < -0.4 is 4.72 Å². The van der Waals surface area contributed by atoms with Gasteiger partial charge in [-0.1, -0.05) is 30.3 Å². The van der Waals surface area contributed by atoms with Crippen LogP contribution in [0.5, 0.6) is 0 Å². The first-order chi connectivity index (χ1) is 9.46. The van der Waals surface area contributed by atoms with E-state index in [0.29, 0.717) is 25.9 Å². The lowest BCUT2D eigenvalue weighted by Crippen LogP contribution is -2.46. The van der Waals surface area contributed by atoms with Crippen LogP contribution >= 0.6 is 0 Å². The molecule has 1 heterocycles. The molecule has 1 fully saturated rings. The van der Waals surface area contributed by atoms with Gasteiger partial charge in [0.25, 0.3) is 0 Å². The van der Waals surface area contributed by atoms with Crippen LogP contribution in [0.15, 0.2) is 30.3 Å². The number of nitrogens with one attached hydrogen (secondary N) is 1. The summed E-state index contributed by atoms with van der Waals surface area (Å²) in [5.74, 6) is 0.0522. The van der Waals surface area contributed by atoms with Crippen molar-refractivity contribution in [3.63, 3.8) is 0 Å². The Hall–Kier alpha value is -1.40. The van der Waals surface area contributed by atoms with Gasteiger partial charge in [-0.2, -0.15) is 0 Å². The molecule has 1 aromatic carbocycles. The monoisotopic (exact) mass is 296 g/mol. The van der Waals surface area contributed by atoms with Crippen LogP contribution in [0.1, 0.15) is 25.3 Å². The zero-order valence-electron chi connectivity index (χ0n) is 11.6. The number of carbonyl (C=O) groups is 1. The number of piperidine rings is 1. The minimum atomic E-state index is -3.33. The molecule has 0 radical (unpaired) electrons. The van der Waals surface area contributed by atoms with Gasteiger partial charge in [0.2, 0.25) is 15.9 Å². The number of carbonyl (C=O) groups excluding carboxylic acids is 1. The Kier molecular flexibility index (Phi) is 4.77. The third kappa shape index (κ3) is 4.31. The Labute approximate surface area is 120 Å². The van der Waals surface area contributed by atoms with Crippen molar-refractivity contribution >= 4 is 15.9 Å². The third-order valence-corrected chi connectivity index (χ3v) is 4.89. The Morgan fingerprint density at radius 3 is 2.40 bits per heavy atom. The third-order valence-electron chi connectivity index (χ3n) is 3.49. The summed E-state index contributed by atoms with van der Waals surface area (Å²) in [6, 6.07) is 9.06. The van der Waals surface area contributed by atoms with Crippen LogP contribution in [-0.4, -0.2) is 38.4 Å². The number of nitrogens with zero attached hydrogens (tertiary/aromatic N) is 1. The average Bonchev–Trinajstić information content (AvgIpc) is 2.39. The maximum Gasteiger partial charge on any atom is 0.219 e. The molecule has 0 spiro atoms. The normalized spacial score (nSPS) is 17.1. The molecular weight excluding hydrogens is 276 g/mol. The first-order valence-corrected chi connectivity index (χ1v) is 8.41. The van der Waals surface area contributed by atoms with E-state index >= 15 is 0 Å². The largest absolute Gasteiger partial charge is 0.343 e. The van der Waals surface area contributed by atoms with Crippen LogP contribution in [0.2, 0.25) is 0 Å². The van der Waals surface area contributed by atoms with Crippen molar-refractivity contribution in [2.75, 3.05) is 13.1 Å². The van der Waals surface area contributed by atoms with Gasteiger partial charge in [-0.15, -0.1) is 0 Å². The second-order valence-electron chi connectivity index (χ2n) is 5.14. The van der Waals surface area contributed by atoms with Crippen LogP contribution in [0.3, 0.4) is 0 Å². The quantitative estimate of drug-likeness (QED) is 0.905. The minimum absolute atomic E-state index is 0.000757. The molecule has 1 saturated heterocycles. The van der Waals surface area contributed by atoms with Crippen molar-refractivity contribution < 1.29 is 13.2 Å². The zero-order chi connectivity index (χ0) is 14.6. The first-order valence-electron chi connectivity index (χ1n) is 6.76. The highest BCUT2D eigenvalue weighted by atomic mass is 32.2. The lowest BCUT2D eigenvalue weighted by Gasteiger charge is -2.31. The van der Waals surface area contributed by atoms with E-state index in [2.05, 4.69) is 4.72 Å². The van der Waals surface area contributed by atoms with Gasteiger partial charge >= 0.3 is 0 Å². The van der Waals surface area contributed by atoms with Crippen LogP contribution in [-0.2, 0) is 20.6 Å². The zero-order valence-corrected chi connectivity index (χ0v) is 12.4. The van der Waals surface area contributed by atoms with Crippen LogP contribution in [0.25, 0.3) is 0 Å². The standard InChI is InChI=1S/C14H20N2O3S/c1-12(17)16-9-7-14(8-10-16)15-20(18,19)11-13-5-3-2-4-6-13/h2-6,14-15H,7-11H2,1H3. The molecule has 0 bridgehead atoms. The topological polar surface area (TPSA) is 66.5 Å². The van der Waals surface area contributed by atoms with Crippen molar-refractivity contribution in [3.05, 3.63) is 35.9 Å². The van der Waals surface area contributed by atoms with Gasteiger partial charge < -0.3 is 4.90 Å². The van der Waals surface area contributed by atoms with Crippen molar-refractivity contribution in [2.24, 2.45) is 0 Å². The van der Waals surface area contributed by atoms with Crippen molar-refractivity contribution in [1.29, 1.82) is 0 Å². The lowest BCUT2D eigenvalue weighted by molar-refractivity contribution is -0.129. The second kappa shape index (κ2) is 6.37. The second-order valence-corrected chi connectivity index (χ2v) is 6.90. The Morgan fingerprint density at radius 1 is 1.25 bits per heavy atom.